The summed E-state index contributed by atoms with van der Waals surface area (Å²) in [5.74, 6) is -0.201. The molecule has 0 saturated carbocycles. The van der Waals surface area contributed by atoms with Crippen molar-refractivity contribution in [3.8, 4) is 0 Å². The third-order valence-electron chi connectivity index (χ3n) is 1.84. The summed E-state index contributed by atoms with van der Waals surface area (Å²) in [5, 5.41) is 15.2. The largest absolute Gasteiger partial charge is 0.459 e. The van der Waals surface area contributed by atoms with Crippen molar-refractivity contribution in [2.45, 2.75) is 13.0 Å². The van der Waals surface area contributed by atoms with Crippen LogP contribution in [0.2, 0.25) is 0 Å². The van der Waals surface area contributed by atoms with Crippen LogP contribution in [0.5, 0.6) is 0 Å². The molecule has 0 bridgehead atoms. The molecule has 8 heteroatoms. The van der Waals surface area contributed by atoms with Crippen molar-refractivity contribution in [3.05, 3.63) is 10.1 Å². The smallest absolute Gasteiger partial charge is 0.303 e. The Morgan fingerprint density at radius 2 is 2.47 bits per heavy atom. The summed E-state index contributed by atoms with van der Waals surface area (Å²) in [6, 6.07) is 0. The molecule has 1 unspecified atom stereocenters. The van der Waals surface area contributed by atoms with E-state index < -0.39 is 5.03 Å². The standard InChI is InChI=1S/C7H12N4O4/c1-5(12)15-6-3-8-7(9-11(13)14)10(2)4-6/h6H,3-4H2,1-2H3,(H,8,9). The maximum atomic E-state index is 10.7. The van der Waals surface area contributed by atoms with Crippen molar-refractivity contribution in [1.82, 2.24) is 10.2 Å². The van der Waals surface area contributed by atoms with Gasteiger partial charge in [0.25, 0.3) is 5.96 Å². The fraction of sp³-hybridized carbons (Fsp3) is 0.714. The van der Waals surface area contributed by atoms with E-state index in [2.05, 4.69) is 10.4 Å². The second-order valence-corrected chi connectivity index (χ2v) is 3.15. The van der Waals surface area contributed by atoms with Crippen molar-refractivity contribution < 1.29 is 14.6 Å². The van der Waals surface area contributed by atoms with Crippen LogP contribution < -0.4 is 5.32 Å². The van der Waals surface area contributed by atoms with Gasteiger partial charge in [-0.1, -0.05) is 0 Å². The quantitative estimate of drug-likeness (QED) is 0.361. The number of nitrogens with zero attached hydrogens (tertiary/aromatic N) is 3. The van der Waals surface area contributed by atoms with Crippen molar-refractivity contribution in [2.24, 2.45) is 5.10 Å². The summed E-state index contributed by atoms with van der Waals surface area (Å²) in [4.78, 5) is 22.3. The molecule has 1 N–H and O–H groups in total. The normalized spacial score (nSPS) is 23.5. The van der Waals surface area contributed by atoms with Crippen LogP contribution in [0.3, 0.4) is 0 Å². The van der Waals surface area contributed by atoms with Gasteiger partial charge in [-0.05, 0) is 0 Å². The van der Waals surface area contributed by atoms with Gasteiger partial charge in [0.1, 0.15) is 11.2 Å². The summed E-state index contributed by atoms with van der Waals surface area (Å²) in [5.41, 5.74) is 0. The Kier molecular flexibility index (Phi) is 3.42. The fourth-order valence-electron chi connectivity index (χ4n) is 1.30. The average molecular weight is 216 g/mol. The minimum Gasteiger partial charge on any atom is -0.459 e. The number of nitrogens with one attached hydrogen (secondary N) is 1. The molecule has 0 radical (unpaired) electrons. The minimum absolute atomic E-state index is 0.170. The number of hydrazone groups is 1. The zero-order chi connectivity index (χ0) is 11.4. The van der Waals surface area contributed by atoms with Crippen LogP contribution in [-0.4, -0.2) is 48.1 Å². The highest BCUT2D eigenvalue weighted by Crippen LogP contribution is 2.02. The van der Waals surface area contributed by atoms with Crippen LogP contribution in [0.1, 0.15) is 6.92 Å². The van der Waals surface area contributed by atoms with Crippen LogP contribution in [0.15, 0.2) is 5.10 Å². The lowest BCUT2D eigenvalue weighted by atomic mass is 10.3. The second kappa shape index (κ2) is 4.58. The number of hydrogen-bond acceptors (Lipinski definition) is 4. The maximum absolute atomic E-state index is 10.7. The van der Waals surface area contributed by atoms with Gasteiger partial charge in [0, 0.05) is 14.0 Å². The first-order chi connectivity index (χ1) is 6.99. The molecule has 1 saturated heterocycles. The van der Waals surface area contributed by atoms with Crippen molar-refractivity contribution in [3.63, 3.8) is 0 Å². The molecular formula is C7H12N4O4. The molecule has 15 heavy (non-hydrogen) atoms. The lowest BCUT2D eigenvalue weighted by molar-refractivity contribution is -0.486. The topological polar surface area (TPSA) is 97.1 Å². The van der Waals surface area contributed by atoms with Gasteiger partial charge >= 0.3 is 5.97 Å². The van der Waals surface area contributed by atoms with Crippen LogP contribution >= 0.6 is 0 Å². The zero-order valence-electron chi connectivity index (χ0n) is 8.47. The van der Waals surface area contributed by atoms with E-state index in [4.69, 9.17) is 4.74 Å². The molecule has 0 spiro atoms. The van der Waals surface area contributed by atoms with Crippen LogP contribution in [0, 0.1) is 10.1 Å². The molecule has 1 aliphatic heterocycles. The predicted molar refractivity (Wildman–Crippen MR) is 50.6 cm³/mol. The summed E-state index contributed by atoms with van der Waals surface area (Å²) < 4.78 is 4.95. The molecule has 0 aromatic heterocycles. The first kappa shape index (κ1) is 11.2. The van der Waals surface area contributed by atoms with E-state index >= 15 is 0 Å². The summed E-state index contributed by atoms with van der Waals surface area (Å²) >= 11 is 0. The molecule has 0 amide bonds. The van der Waals surface area contributed by atoms with Crippen LogP contribution in [0.25, 0.3) is 0 Å². The minimum atomic E-state index is -0.773. The van der Waals surface area contributed by atoms with Crippen molar-refractivity contribution in [2.75, 3.05) is 20.1 Å². The number of nitro groups is 1. The molecule has 0 aromatic rings. The number of guanidine groups is 1. The van der Waals surface area contributed by atoms with E-state index in [1.165, 1.54) is 11.8 Å². The number of ether oxygens (including phenoxy) is 1. The second-order valence-electron chi connectivity index (χ2n) is 3.15. The molecule has 84 valence electrons. The Morgan fingerprint density at radius 3 is 2.93 bits per heavy atom. The van der Waals surface area contributed by atoms with E-state index in [1.54, 1.807) is 7.05 Å². The first-order valence-corrected chi connectivity index (χ1v) is 4.34. The number of rotatable bonds is 2. The third-order valence-corrected chi connectivity index (χ3v) is 1.84. The SMILES string of the molecule is CC(=O)OC1CN/C(=N/[N+](=O)[O-])N(C)C1. The molecule has 1 atom stereocenters. The van der Waals surface area contributed by atoms with Crippen molar-refractivity contribution >= 4 is 11.9 Å². The van der Waals surface area contributed by atoms with Gasteiger partial charge in [0.15, 0.2) is 5.03 Å². The number of carbonyl (C=O) groups is 1. The lowest BCUT2D eigenvalue weighted by Gasteiger charge is -2.30. The maximum Gasteiger partial charge on any atom is 0.303 e. The van der Waals surface area contributed by atoms with Gasteiger partial charge in [0.05, 0.1) is 13.1 Å². The molecule has 8 nitrogen and oxygen atoms in total. The Balaban J connectivity index is 2.55. The predicted octanol–water partition coefficient (Wildman–Crippen LogP) is -0.999. The van der Waals surface area contributed by atoms with Gasteiger partial charge in [-0.2, -0.15) is 0 Å². The average Bonchev–Trinajstić information content (AvgIpc) is 2.08. The Hall–Kier alpha value is -1.86. The Labute approximate surface area is 86.0 Å². The van der Waals surface area contributed by atoms with Gasteiger partial charge in [0.2, 0.25) is 0 Å². The summed E-state index contributed by atoms with van der Waals surface area (Å²) in [7, 11) is 1.63. The van der Waals surface area contributed by atoms with Gasteiger partial charge in [-0.15, -0.1) is 0 Å². The molecule has 0 aliphatic carbocycles. The van der Waals surface area contributed by atoms with Gasteiger partial charge < -0.3 is 15.0 Å². The van der Waals surface area contributed by atoms with Crippen LogP contribution in [-0.2, 0) is 9.53 Å². The molecule has 1 aliphatic rings. The zero-order valence-corrected chi connectivity index (χ0v) is 8.47. The van der Waals surface area contributed by atoms with Gasteiger partial charge in [-0.3, -0.25) is 4.79 Å². The Bertz CT molecular complexity index is 303. The lowest BCUT2D eigenvalue weighted by Crippen LogP contribution is -2.54. The summed E-state index contributed by atoms with van der Waals surface area (Å²) in [6.07, 6.45) is -0.307. The molecule has 0 aromatic carbocycles. The number of hydrogen-bond donors (Lipinski definition) is 1. The Morgan fingerprint density at radius 1 is 1.80 bits per heavy atom. The first-order valence-electron chi connectivity index (χ1n) is 4.34. The molecule has 1 rings (SSSR count). The van der Waals surface area contributed by atoms with E-state index in [1.807, 2.05) is 0 Å². The van der Waals surface area contributed by atoms with E-state index in [0.717, 1.165) is 0 Å². The van der Waals surface area contributed by atoms with E-state index in [0.29, 0.717) is 13.1 Å². The third kappa shape index (κ3) is 3.41. The van der Waals surface area contributed by atoms with E-state index in [-0.39, 0.29) is 18.0 Å². The highest BCUT2D eigenvalue weighted by atomic mass is 16.7. The highest BCUT2D eigenvalue weighted by Gasteiger charge is 2.25. The van der Waals surface area contributed by atoms with E-state index in [9.17, 15) is 14.9 Å². The number of esters is 1. The highest BCUT2D eigenvalue weighted by molar-refractivity contribution is 5.80. The van der Waals surface area contributed by atoms with Crippen molar-refractivity contribution in [1.29, 1.82) is 0 Å². The molecule has 1 fully saturated rings. The summed E-state index contributed by atoms with van der Waals surface area (Å²) in [6.45, 7) is 2.04. The molecular weight excluding hydrogens is 204 g/mol. The fourth-order valence-corrected chi connectivity index (χ4v) is 1.30. The molecule has 1 heterocycles. The number of carbonyl (C=O) groups excluding carboxylic acids is 1. The monoisotopic (exact) mass is 216 g/mol. The van der Waals surface area contributed by atoms with Crippen LogP contribution in [0.4, 0.5) is 0 Å². The van der Waals surface area contributed by atoms with Gasteiger partial charge in [-0.25, -0.2) is 10.1 Å². The number of likely N-dealkylation sites (N-methyl/N-ethyl adjacent to an activating group) is 1.